The maximum atomic E-state index is 11.3. The number of amides is 1. The Labute approximate surface area is 130 Å². The number of pyridine rings is 1. The zero-order chi connectivity index (χ0) is 16.3. The Morgan fingerprint density at radius 1 is 1.18 bits per heavy atom. The van der Waals surface area contributed by atoms with E-state index in [0.717, 1.165) is 16.9 Å². The van der Waals surface area contributed by atoms with Gasteiger partial charge in [0.15, 0.2) is 0 Å². The maximum absolute atomic E-state index is 11.3. The van der Waals surface area contributed by atoms with Gasteiger partial charge in [0, 0.05) is 6.07 Å². The Balaban J connectivity index is 2.14. The Morgan fingerprint density at radius 3 is 2.32 bits per heavy atom. The fourth-order valence-electron chi connectivity index (χ4n) is 2.00. The van der Waals surface area contributed by atoms with Gasteiger partial charge in [0.05, 0.1) is 11.9 Å². The first-order chi connectivity index (χ1) is 10.3. The Kier molecular flexibility index (Phi) is 4.35. The molecule has 5 nitrogen and oxygen atoms in total. The van der Waals surface area contributed by atoms with Gasteiger partial charge in [-0.25, -0.2) is 4.98 Å². The number of rotatable bonds is 5. The molecule has 5 heteroatoms. The maximum Gasteiger partial charge on any atom is 0.242 e. The van der Waals surface area contributed by atoms with Crippen LogP contribution in [-0.2, 0) is 4.79 Å². The predicted octanol–water partition coefficient (Wildman–Crippen LogP) is 3.17. The summed E-state index contributed by atoms with van der Waals surface area (Å²) in [5.41, 5.74) is 7.32. The third-order valence-electron chi connectivity index (χ3n) is 3.42. The highest BCUT2D eigenvalue weighted by Crippen LogP contribution is 2.28. The summed E-state index contributed by atoms with van der Waals surface area (Å²) in [4.78, 5) is 15.6. The van der Waals surface area contributed by atoms with Crippen molar-refractivity contribution in [1.29, 1.82) is 0 Å². The SMILES string of the molecule is Cc1cccc(C)c1Oc1ccc(NC(C)(C)C(N)=O)cn1. The van der Waals surface area contributed by atoms with Gasteiger partial charge in [-0.2, -0.15) is 0 Å². The molecular weight excluding hydrogens is 278 g/mol. The first-order valence-electron chi connectivity index (χ1n) is 7.08. The molecule has 0 unspecified atom stereocenters. The van der Waals surface area contributed by atoms with Crippen LogP contribution in [-0.4, -0.2) is 16.4 Å². The minimum atomic E-state index is -0.837. The Bertz CT molecular complexity index is 659. The number of benzene rings is 1. The molecule has 1 aromatic heterocycles. The van der Waals surface area contributed by atoms with E-state index in [1.165, 1.54) is 0 Å². The molecule has 1 heterocycles. The van der Waals surface area contributed by atoms with Gasteiger partial charge in [-0.15, -0.1) is 0 Å². The molecule has 3 N–H and O–H groups in total. The summed E-state index contributed by atoms with van der Waals surface area (Å²) in [5, 5.41) is 3.04. The van der Waals surface area contributed by atoms with E-state index >= 15 is 0 Å². The number of ether oxygens (including phenoxy) is 1. The second kappa shape index (κ2) is 6.05. The molecule has 0 spiro atoms. The number of carbonyl (C=O) groups excluding carboxylic acids is 1. The van der Waals surface area contributed by atoms with Crippen LogP contribution in [0.4, 0.5) is 5.69 Å². The molecule has 0 radical (unpaired) electrons. The van der Waals surface area contributed by atoms with Crippen molar-refractivity contribution in [2.45, 2.75) is 33.2 Å². The van der Waals surface area contributed by atoms with Gasteiger partial charge in [-0.05, 0) is 44.9 Å². The molecule has 116 valence electrons. The molecular formula is C17H21N3O2. The quantitative estimate of drug-likeness (QED) is 0.889. The number of hydrogen-bond acceptors (Lipinski definition) is 4. The Morgan fingerprint density at radius 2 is 1.82 bits per heavy atom. The van der Waals surface area contributed by atoms with E-state index in [1.807, 2.05) is 32.0 Å². The summed E-state index contributed by atoms with van der Waals surface area (Å²) in [6, 6.07) is 9.54. The van der Waals surface area contributed by atoms with Crippen LogP contribution < -0.4 is 15.8 Å². The molecule has 2 rings (SSSR count). The van der Waals surface area contributed by atoms with Gasteiger partial charge < -0.3 is 15.8 Å². The number of nitrogens with one attached hydrogen (secondary N) is 1. The molecule has 0 aliphatic carbocycles. The van der Waals surface area contributed by atoms with Crippen LogP contribution in [0.25, 0.3) is 0 Å². The third kappa shape index (κ3) is 3.55. The molecule has 0 bridgehead atoms. The topological polar surface area (TPSA) is 77.2 Å². The summed E-state index contributed by atoms with van der Waals surface area (Å²) >= 11 is 0. The van der Waals surface area contributed by atoms with Crippen molar-refractivity contribution in [3.05, 3.63) is 47.7 Å². The number of aromatic nitrogens is 1. The number of para-hydroxylation sites is 1. The van der Waals surface area contributed by atoms with Crippen molar-refractivity contribution in [1.82, 2.24) is 4.98 Å². The fourth-order valence-corrected chi connectivity index (χ4v) is 2.00. The average molecular weight is 299 g/mol. The van der Waals surface area contributed by atoms with Crippen molar-refractivity contribution in [2.75, 3.05) is 5.32 Å². The van der Waals surface area contributed by atoms with Crippen LogP contribution in [0.2, 0.25) is 0 Å². The van der Waals surface area contributed by atoms with Crippen LogP contribution in [0, 0.1) is 13.8 Å². The van der Waals surface area contributed by atoms with Crippen LogP contribution >= 0.6 is 0 Å². The standard InChI is InChI=1S/C17H21N3O2/c1-11-6-5-7-12(2)15(11)22-14-9-8-13(10-19-14)20-17(3,4)16(18)21/h5-10,20H,1-4H3,(H2,18,21). The third-order valence-corrected chi connectivity index (χ3v) is 3.42. The number of nitrogens with zero attached hydrogens (tertiary/aromatic N) is 1. The largest absolute Gasteiger partial charge is 0.438 e. The molecule has 0 saturated heterocycles. The van der Waals surface area contributed by atoms with E-state index < -0.39 is 11.4 Å². The van der Waals surface area contributed by atoms with Crippen molar-refractivity contribution in [3.63, 3.8) is 0 Å². The summed E-state index contributed by atoms with van der Waals surface area (Å²) in [7, 11) is 0. The lowest BCUT2D eigenvalue weighted by atomic mass is 10.1. The van der Waals surface area contributed by atoms with Crippen molar-refractivity contribution < 1.29 is 9.53 Å². The molecule has 1 amide bonds. The van der Waals surface area contributed by atoms with E-state index in [0.29, 0.717) is 11.6 Å². The van der Waals surface area contributed by atoms with Gasteiger partial charge in [-0.1, -0.05) is 18.2 Å². The highest BCUT2D eigenvalue weighted by atomic mass is 16.5. The lowest BCUT2D eigenvalue weighted by Gasteiger charge is -2.23. The number of anilines is 1. The number of hydrogen-bond donors (Lipinski definition) is 2. The molecule has 0 atom stereocenters. The molecule has 0 fully saturated rings. The van der Waals surface area contributed by atoms with Crippen molar-refractivity contribution in [2.24, 2.45) is 5.73 Å². The van der Waals surface area contributed by atoms with Gasteiger partial charge in [0.25, 0.3) is 0 Å². The van der Waals surface area contributed by atoms with Crippen molar-refractivity contribution in [3.8, 4) is 11.6 Å². The van der Waals surface area contributed by atoms with Gasteiger partial charge in [0.1, 0.15) is 11.3 Å². The molecule has 1 aromatic carbocycles. The van der Waals surface area contributed by atoms with E-state index in [1.54, 1.807) is 32.2 Å². The molecule has 0 aliphatic rings. The van der Waals surface area contributed by atoms with E-state index in [2.05, 4.69) is 10.3 Å². The minimum absolute atomic E-state index is 0.427. The first-order valence-corrected chi connectivity index (χ1v) is 7.08. The summed E-state index contributed by atoms with van der Waals surface area (Å²) in [6.07, 6.45) is 1.62. The number of carbonyl (C=O) groups is 1. The zero-order valence-corrected chi connectivity index (χ0v) is 13.3. The second-order valence-corrected chi connectivity index (χ2v) is 5.82. The predicted molar refractivity (Wildman–Crippen MR) is 87.1 cm³/mol. The fraction of sp³-hybridized carbons (Fsp3) is 0.294. The smallest absolute Gasteiger partial charge is 0.242 e. The van der Waals surface area contributed by atoms with Crippen LogP contribution in [0.5, 0.6) is 11.6 Å². The van der Waals surface area contributed by atoms with E-state index in [9.17, 15) is 4.79 Å². The second-order valence-electron chi connectivity index (χ2n) is 5.82. The lowest BCUT2D eigenvalue weighted by Crippen LogP contribution is -2.45. The Hall–Kier alpha value is -2.56. The van der Waals surface area contributed by atoms with Gasteiger partial charge in [0.2, 0.25) is 11.8 Å². The molecule has 2 aromatic rings. The zero-order valence-electron chi connectivity index (χ0n) is 13.3. The lowest BCUT2D eigenvalue weighted by molar-refractivity contribution is -0.121. The van der Waals surface area contributed by atoms with E-state index in [-0.39, 0.29) is 0 Å². The minimum Gasteiger partial charge on any atom is -0.438 e. The van der Waals surface area contributed by atoms with Crippen LogP contribution in [0.15, 0.2) is 36.5 Å². The van der Waals surface area contributed by atoms with Crippen LogP contribution in [0.3, 0.4) is 0 Å². The summed E-state index contributed by atoms with van der Waals surface area (Å²) in [5.74, 6) is 0.886. The molecule has 0 saturated carbocycles. The number of aryl methyl sites for hydroxylation is 2. The average Bonchev–Trinajstić information content (AvgIpc) is 2.44. The first kappa shape index (κ1) is 15.8. The van der Waals surface area contributed by atoms with E-state index in [4.69, 9.17) is 10.5 Å². The summed E-state index contributed by atoms with van der Waals surface area (Å²) in [6.45, 7) is 7.42. The van der Waals surface area contributed by atoms with Gasteiger partial charge in [-0.3, -0.25) is 4.79 Å². The number of primary amides is 1. The highest BCUT2D eigenvalue weighted by molar-refractivity contribution is 5.86. The summed E-state index contributed by atoms with van der Waals surface area (Å²) < 4.78 is 5.84. The normalized spacial score (nSPS) is 11.1. The molecule has 0 aliphatic heterocycles. The number of nitrogens with two attached hydrogens (primary N) is 1. The highest BCUT2D eigenvalue weighted by Gasteiger charge is 2.24. The molecule has 22 heavy (non-hydrogen) atoms. The van der Waals surface area contributed by atoms with Crippen molar-refractivity contribution >= 4 is 11.6 Å². The van der Waals surface area contributed by atoms with Gasteiger partial charge >= 0.3 is 0 Å². The van der Waals surface area contributed by atoms with Crippen LogP contribution in [0.1, 0.15) is 25.0 Å². The monoisotopic (exact) mass is 299 g/mol.